The van der Waals surface area contributed by atoms with Crippen LogP contribution in [-0.2, 0) is 18.9 Å². The predicted molar refractivity (Wildman–Crippen MR) is 125 cm³/mol. The minimum Gasteiger partial charge on any atom is -0.492 e. The molecule has 0 atom stereocenters. The Morgan fingerprint density at radius 2 is 1.85 bits per heavy atom. The van der Waals surface area contributed by atoms with Crippen molar-refractivity contribution in [3.05, 3.63) is 77.2 Å². The molecule has 4 radical (unpaired) electrons. The molecule has 0 N–H and O–H groups in total. The number of rotatable bonds is 5. The summed E-state index contributed by atoms with van der Waals surface area (Å²) in [6, 6.07) is 9.01. The number of fused-ring (bicyclic) bond motifs is 2. The monoisotopic (exact) mass is 454 g/mol. The van der Waals surface area contributed by atoms with E-state index in [-0.39, 0.29) is 16.8 Å². The summed E-state index contributed by atoms with van der Waals surface area (Å²) in [5.74, 6) is -1.61. The van der Waals surface area contributed by atoms with E-state index < -0.39 is 29.4 Å². The third-order valence-corrected chi connectivity index (χ3v) is 5.93. The minimum absolute atomic E-state index is 0.158. The van der Waals surface area contributed by atoms with E-state index in [1.807, 2.05) is 6.92 Å². The van der Waals surface area contributed by atoms with E-state index in [0.29, 0.717) is 34.4 Å². The van der Waals surface area contributed by atoms with Crippen molar-refractivity contribution in [3.8, 4) is 16.9 Å². The Labute approximate surface area is 197 Å². The van der Waals surface area contributed by atoms with Gasteiger partial charge in [-0.2, -0.15) is 5.10 Å². The number of carbonyl (C=O) groups is 1. The Morgan fingerprint density at radius 1 is 1.12 bits per heavy atom. The zero-order valence-corrected chi connectivity index (χ0v) is 18.5. The number of aryl methyl sites for hydroxylation is 1. The number of amides is 1. The van der Waals surface area contributed by atoms with Crippen molar-refractivity contribution < 1.29 is 18.3 Å². The van der Waals surface area contributed by atoms with Crippen LogP contribution in [0.15, 0.2) is 48.8 Å². The maximum atomic E-state index is 15.2. The quantitative estimate of drug-likeness (QED) is 0.434. The third-order valence-electron chi connectivity index (χ3n) is 5.93. The number of halogens is 2. The fraction of sp³-hybridized carbons (Fsp3) is 0.208. The maximum Gasteiger partial charge on any atom is 0.255 e. The molecule has 10 heteroatoms. The molecule has 0 spiro atoms. The summed E-state index contributed by atoms with van der Waals surface area (Å²) in [7, 11) is 14.1. The lowest BCUT2D eigenvalue weighted by Crippen LogP contribution is -2.45. The van der Waals surface area contributed by atoms with Crippen LogP contribution < -0.4 is 4.74 Å². The molecule has 2 aromatic carbocycles. The second kappa shape index (κ2) is 7.97. The smallest absolute Gasteiger partial charge is 0.255 e. The minimum atomic E-state index is -1.79. The number of hydrogen-bond acceptors (Lipinski definition) is 4. The maximum absolute atomic E-state index is 15.2. The summed E-state index contributed by atoms with van der Waals surface area (Å²) in [5, 5.41) is 3.32. The van der Waals surface area contributed by atoms with Crippen molar-refractivity contribution >= 4 is 32.5 Å². The molecule has 5 rings (SSSR count). The van der Waals surface area contributed by atoms with Crippen molar-refractivity contribution in [2.75, 3.05) is 6.61 Å². The summed E-state index contributed by atoms with van der Waals surface area (Å²) >= 11 is 0. The zero-order chi connectivity index (χ0) is 24.2. The Balaban J connectivity index is 1.54. The van der Waals surface area contributed by atoms with E-state index in [9.17, 15) is 4.79 Å². The van der Waals surface area contributed by atoms with Crippen molar-refractivity contribution in [2.24, 2.45) is 7.05 Å². The highest BCUT2D eigenvalue weighted by Crippen LogP contribution is 2.37. The Kier molecular flexibility index (Phi) is 5.19. The van der Waals surface area contributed by atoms with Crippen LogP contribution >= 0.6 is 0 Å². The zero-order valence-electron chi connectivity index (χ0n) is 18.5. The number of nitrogens with zero attached hydrogens (tertiary/aromatic N) is 4. The van der Waals surface area contributed by atoms with Gasteiger partial charge in [-0.25, -0.2) is 8.78 Å². The number of benzene rings is 2. The fourth-order valence-corrected chi connectivity index (χ4v) is 4.33. The second-order valence-electron chi connectivity index (χ2n) is 8.14. The molecule has 1 aliphatic heterocycles. The largest absolute Gasteiger partial charge is 0.492 e. The molecule has 0 bridgehead atoms. The molecule has 0 fully saturated rings. The van der Waals surface area contributed by atoms with Crippen LogP contribution in [0.1, 0.15) is 28.5 Å². The molecule has 0 saturated carbocycles. The number of aromatic nitrogens is 3. The van der Waals surface area contributed by atoms with Gasteiger partial charge in [-0.1, -0.05) is 0 Å². The highest BCUT2D eigenvalue weighted by molar-refractivity contribution is 6.42. The average molecular weight is 454 g/mol. The van der Waals surface area contributed by atoms with Crippen LogP contribution in [0.25, 0.3) is 22.0 Å². The Morgan fingerprint density at radius 3 is 2.53 bits per heavy atom. The first kappa shape index (κ1) is 22.1. The summed E-state index contributed by atoms with van der Waals surface area (Å²) in [6.07, 6.45) is 3.22. The standard InChI is InChI=1S/C24H18B2F2N4O2/c1-3-34-20-7-6-14(16-11-31(2)30-21(16)20)13-9-18(27)17(19(28)10-13)12-32-23(33)15-5-4-8-29-22(15)24(32,25)26/h4-11H,3,12H2,1-2H3. The fourth-order valence-electron chi connectivity index (χ4n) is 4.33. The van der Waals surface area contributed by atoms with Crippen molar-refractivity contribution in [3.63, 3.8) is 0 Å². The van der Waals surface area contributed by atoms with Gasteiger partial charge in [0.25, 0.3) is 5.91 Å². The third kappa shape index (κ3) is 3.36. The first-order chi connectivity index (χ1) is 16.2. The Hall–Kier alpha value is -3.68. The van der Waals surface area contributed by atoms with Crippen LogP contribution in [0, 0.1) is 11.6 Å². The van der Waals surface area contributed by atoms with Gasteiger partial charge in [0.05, 0.1) is 40.1 Å². The van der Waals surface area contributed by atoms with Gasteiger partial charge in [-0.05, 0) is 54.4 Å². The molecule has 2 aromatic heterocycles. The van der Waals surface area contributed by atoms with Gasteiger partial charge in [0, 0.05) is 35.7 Å². The van der Waals surface area contributed by atoms with E-state index in [1.165, 1.54) is 24.4 Å². The summed E-state index contributed by atoms with van der Waals surface area (Å²) in [4.78, 5) is 17.9. The van der Waals surface area contributed by atoms with Crippen LogP contribution in [0.4, 0.5) is 8.78 Å². The van der Waals surface area contributed by atoms with Gasteiger partial charge in [-0.15, -0.1) is 0 Å². The highest BCUT2D eigenvalue weighted by atomic mass is 19.1. The highest BCUT2D eigenvalue weighted by Gasteiger charge is 2.43. The van der Waals surface area contributed by atoms with Gasteiger partial charge >= 0.3 is 0 Å². The van der Waals surface area contributed by atoms with Crippen LogP contribution in [0.3, 0.4) is 0 Å². The molecule has 1 aliphatic rings. The van der Waals surface area contributed by atoms with E-state index in [4.69, 9.17) is 20.4 Å². The lowest BCUT2D eigenvalue weighted by atomic mass is 9.59. The van der Waals surface area contributed by atoms with Crippen LogP contribution in [0.5, 0.6) is 5.75 Å². The Bertz CT molecular complexity index is 1430. The molecule has 1 amide bonds. The first-order valence-electron chi connectivity index (χ1n) is 10.6. The molecule has 3 heterocycles. The molecule has 0 unspecified atom stereocenters. The SMILES string of the molecule is [B]C1([B])c2ncccc2C(=O)N1Cc1c(F)cc(-c2ccc(OCC)c3nn(C)cc23)cc1F. The van der Waals surface area contributed by atoms with E-state index in [2.05, 4.69) is 10.1 Å². The van der Waals surface area contributed by atoms with Gasteiger partial charge < -0.3 is 9.64 Å². The molecule has 6 nitrogen and oxygen atoms in total. The first-order valence-corrected chi connectivity index (χ1v) is 10.6. The van der Waals surface area contributed by atoms with Crippen LogP contribution in [0.2, 0.25) is 0 Å². The summed E-state index contributed by atoms with van der Waals surface area (Å²) < 4.78 is 37.7. The van der Waals surface area contributed by atoms with Crippen molar-refractivity contribution in [2.45, 2.75) is 18.8 Å². The second-order valence-corrected chi connectivity index (χ2v) is 8.14. The van der Waals surface area contributed by atoms with E-state index >= 15 is 8.78 Å². The number of ether oxygens (including phenoxy) is 1. The van der Waals surface area contributed by atoms with Gasteiger partial charge in [0.2, 0.25) is 0 Å². The molecule has 0 saturated heterocycles. The molecule has 4 aromatic rings. The van der Waals surface area contributed by atoms with E-state index in [0.717, 1.165) is 4.90 Å². The van der Waals surface area contributed by atoms with Crippen molar-refractivity contribution in [1.29, 1.82) is 0 Å². The normalized spacial score (nSPS) is 14.6. The summed E-state index contributed by atoms with van der Waals surface area (Å²) in [5.41, 5.74) is 1.55. The van der Waals surface area contributed by atoms with E-state index in [1.54, 1.807) is 36.1 Å². The number of hydrogen-bond donors (Lipinski definition) is 0. The van der Waals surface area contributed by atoms with Gasteiger partial charge in [-0.3, -0.25) is 14.5 Å². The van der Waals surface area contributed by atoms with Gasteiger partial charge in [0.15, 0.2) is 0 Å². The van der Waals surface area contributed by atoms with Gasteiger partial charge in [0.1, 0.15) is 22.9 Å². The molecular weight excluding hydrogens is 436 g/mol. The molecule has 34 heavy (non-hydrogen) atoms. The number of carbonyl (C=O) groups excluding carboxylic acids is 1. The predicted octanol–water partition coefficient (Wildman–Crippen LogP) is 3.42. The molecular formula is C24H18B2F2N4O2. The summed E-state index contributed by atoms with van der Waals surface area (Å²) in [6.45, 7) is 1.87. The topological polar surface area (TPSA) is 60.3 Å². The lowest BCUT2D eigenvalue weighted by molar-refractivity contribution is 0.0727. The molecule has 0 aliphatic carbocycles. The lowest BCUT2D eigenvalue weighted by Gasteiger charge is -2.33. The number of pyridine rings is 1. The van der Waals surface area contributed by atoms with Crippen LogP contribution in [-0.4, -0.2) is 47.9 Å². The average Bonchev–Trinajstić information content (AvgIpc) is 3.27. The molecule has 166 valence electrons. The van der Waals surface area contributed by atoms with Crippen molar-refractivity contribution in [1.82, 2.24) is 19.7 Å².